The van der Waals surface area contributed by atoms with Crippen molar-refractivity contribution in [2.45, 2.75) is 39.2 Å². The first-order valence-electron chi connectivity index (χ1n) is 4.66. The Hall–Kier alpha value is -0.670. The van der Waals surface area contributed by atoms with E-state index in [-0.39, 0.29) is 6.04 Å². The lowest BCUT2D eigenvalue weighted by Crippen LogP contribution is -2.40. The summed E-state index contributed by atoms with van der Waals surface area (Å²) < 4.78 is 24.3. The summed E-state index contributed by atoms with van der Waals surface area (Å²) >= 11 is 0. The lowest BCUT2D eigenvalue weighted by atomic mass is 10.0. The lowest BCUT2D eigenvalue weighted by molar-refractivity contribution is -0.144. The molecule has 4 heteroatoms. The number of hydrogen-bond acceptors (Lipinski definition) is 1. The number of carbonyl (C=O) groups excluding carboxylic acids is 1. The number of alkyl halides is 2. The van der Waals surface area contributed by atoms with Gasteiger partial charge >= 0.3 is 6.43 Å². The quantitative estimate of drug-likeness (QED) is 0.652. The van der Waals surface area contributed by atoms with Crippen molar-refractivity contribution in [1.82, 2.24) is 4.90 Å². The second-order valence-corrected chi connectivity index (χ2v) is 3.57. The molecule has 1 saturated heterocycles. The molecule has 0 aromatic rings. The van der Waals surface area contributed by atoms with E-state index in [0.29, 0.717) is 12.5 Å². The Labute approximate surface area is 76.9 Å². The molecule has 2 nitrogen and oxygen atoms in total. The Morgan fingerprint density at radius 1 is 1.62 bits per heavy atom. The highest BCUT2D eigenvalue weighted by atomic mass is 19.3. The average Bonchev–Trinajstić information content (AvgIpc) is 2.45. The number of carbonyl (C=O) groups is 1. The van der Waals surface area contributed by atoms with Gasteiger partial charge < -0.3 is 4.90 Å². The summed E-state index contributed by atoms with van der Waals surface area (Å²) in [6.07, 6.45) is -1.24. The van der Waals surface area contributed by atoms with E-state index in [1.807, 2.05) is 13.8 Å². The minimum atomic E-state index is -2.85. The summed E-state index contributed by atoms with van der Waals surface area (Å²) in [5.41, 5.74) is 0. The maximum absolute atomic E-state index is 12.1. The molecular formula is C9H15F2NO. The fourth-order valence-electron chi connectivity index (χ4n) is 2.03. The van der Waals surface area contributed by atoms with Crippen LogP contribution in [0.4, 0.5) is 8.78 Å². The average molecular weight is 191 g/mol. The van der Waals surface area contributed by atoms with Crippen molar-refractivity contribution in [1.29, 1.82) is 0 Å². The molecule has 2 atom stereocenters. The highest BCUT2D eigenvalue weighted by molar-refractivity contribution is 5.79. The van der Waals surface area contributed by atoms with Crippen LogP contribution in [0, 0.1) is 5.92 Å². The molecule has 1 heterocycles. The van der Waals surface area contributed by atoms with Gasteiger partial charge in [0.05, 0.1) is 0 Å². The van der Waals surface area contributed by atoms with E-state index in [2.05, 4.69) is 0 Å². The highest BCUT2D eigenvalue weighted by Crippen LogP contribution is 2.27. The van der Waals surface area contributed by atoms with E-state index in [0.717, 1.165) is 12.8 Å². The molecule has 1 aliphatic heterocycles. The second-order valence-electron chi connectivity index (χ2n) is 3.57. The van der Waals surface area contributed by atoms with E-state index in [1.54, 1.807) is 0 Å². The number of rotatable bonds is 2. The van der Waals surface area contributed by atoms with Crippen LogP contribution in [0.5, 0.6) is 0 Å². The van der Waals surface area contributed by atoms with E-state index in [1.165, 1.54) is 4.90 Å². The van der Waals surface area contributed by atoms with E-state index >= 15 is 0 Å². The number of likely N-dealkylation sites (tertiary alicyclic amines) is 1. The zero-order chi connectivity index (χ0) is 10.0. The van der Waals surface area contributed by atoms with Crippen LogP contribution < -0.4 is 0 Å². The van der Waals surface area contributed by atoms with Crippen LogP contribution in [0.2, 0.25) is 0 Å². The molecule has 0 aromatic heterocycles. The molecule has 0 spiro atoms. The summed E-state index contributed by atoms with van der Waals surface area (Å²) in [6.45, 7) is 4.42. The Morgan fingerprint density at radius 3 is 2.69 bits per heavy atom. The van der Waals surface area contributed by atoms with Gasteiger partial charge in [-0.25, -0.2) is 0 Å². The van der Waals surface area contributed by atoms with Gasteiger partial charge in [-0.3, -0.25) is 4.79 Å². The molecule has 0 radical (unpaired) electrons. The normalized spacial score (nSPS) is 28.5. The van der Waals surface area contributed by atoms with E-state index < -0.39 is 12.3 Å². The predicted molar refractivity (Wildman–Crippen MR) is 45.6 cm³/mol. The third-order valence-corrected chi connectivity index (χ3v) is 2.77. The summed E-state index contributed by atoms with van der Waals surface area (Å²) in [5.74, 6) is -0.649. The molecular weight excluding hydrogens is 176 g/mol. The number of halogens is 2. The first-order chi connectivity index (χ1) is 6.07. The third kappa shape index (κ3) is 1.98. The molecule has 1 rings (SSSR count). The Bertz CT molecular complexity index is 196. The zero-order valence-corrected chi connectivity index (χ0v) is 7.96. The summed E-state index contributed by atoms with van der Waals surface area (Å²) in [6, 6.07) is 0.0153. The van der Waals surface area contributed by atoms with Crippen LogP contribution in [-0.2, 0) is 4.79 Å². The van der Waals surface area contributed by atoms with Gasteiger partial charge in [-0.15, -0.1) is 0 Å². The van der Waals surface area contributed by atoms with Crippen LogP contribution in [0.3, 0.4) is 0 Å². The van der Waals surface area contributed by atoms with Crippen molar-refractivity contribution in [2.24, 2.45) is 5.92 Å². The molecule has 1 amide bonds. The molecule has 2 unspecified atom stereocenters. The summed E-state index contributed by atoms with van der Waals surface area (Å²) in [4.78, 5) is 12.4. The molecule has 0 saturated carbocycles. The third-order valence-electron chi connectivity index (χ3n) is 2.77. The number of amides is 1. The van der Waals surface area contributed by atoms with Crippen LogP contribution >= 0.6 is 0 Å². The summed E-state index contributed by atoms with van der Waals surface area (Å²) in [7, 11) is 0. The number of nitrogens with zero attached hydrogens (tertiary/aromatic N) is 1. The Balaban J connectivity index is 2.65. The lowest BCUT2D eigenvalue weighted by Gasteiger charge is -2.25. The minimum Gasteiger partial charge on any atom is -0.334 e. The van der Waals surface area contributed by atoms with E-state index in [4.69, 9.17) is 0 Å². The standard InChI is InChI=1S/C9H15F2NO/c1-3-7-6(2)4-5-12(7)9(13)8(10)11/h6-8H,3-5H2,1-2H3. The van der Waals surface area contributed by atoms with Gasteiger partial charge in [0.15, 0.2) is 0 Å². The van der Waals surface area contributed by atoms with Crippen molar-refractivity contribution < 1.29 is 13.6 Å². The molecule has 0 aliphatic carbocycles. The van der Waals surface area contributed by atoms with Crippen LogP contribution in [0.1, 0.15) is 26.7 Å². The van der Waals surface area contributed by atoms with Crippen molar-refractivity contribution in [3.8, 4) is 0 Å². The first-order valence-corrected chi connectivity index (χ1v) is 4.66. The van der Waals surface area contributed by atoms with Gasteiger partial charge in [-0.05, 0) is 18.8 Å². The van der Waals surface area contributed by atoms with Crippen LogP contribution in [-0.4, -0.2) is 29.8 Å². The topological polar surface area (TPSA) is 20.3 Å². The fraction of sp³-hybridized carbons (Fsp3) is 0.889. The zero-order valence-electron chi connectivity index (χ0n) is 7.96. The molecule has 1 fully saturated rings. The van der Waals surface area contributed by atoms with Crippen LogP contribution in [0.15, 0.2) is 0 Å². The molecule has 76 valence electrons. The van der Waals surface area contributed by atoms with Gasteiger partial charge in [0.2, 0.25) is 0 Å². The SMILES string of the molecule is CCC1C(C)CCN1C(=O)C(F)F. The largest absolute Gasteiger partial charge is 0.334 e. The van der Waals surface area contributed by atoms with Crippen molar-refractivity contribution in [3.63, 3.8) is 0 Å². The van der Waals surface area contributed by atoms with Gasteiger partial charge in [0, 0.05) is 12.6 Å². The molecule has 0 aromatic carbocycles. The smallest absolute Gasteiger partial charge is 0.315 e. The Morgan fingerprint density at radius 2 is 2.23 bits per heavy atom. The molecule has 0 N–H and O–H groups in total. The highest BCUT2D eigenvalue weighted by Gasteiger charge is 2.36. The number of hydrogen-bond donors (Lipinski definition) is 0. The van der Waals surface area contributed by atoms with E-state index in [9.17, 15) is 13.6 Å². The monoisotopic (exact) mass is 191 g/mol. The summed E-state index contributed by atoms with van der Waals surface area (Å²) in [5, 5.41) is 0. The second kappa shape index (κ2) is 4.03. The molecule has 13 heavy (non-hydrogen) atoms. The maximum atomic E-state index is 12.1. The predicted octanol–water partition coefficient (Wildman–Crippen LogP) is 1.90. The van der Waals surface area contributed by atoms with Gasteiger partial charge in [-0.1, -0.05) is 13.8 Å². The van der Waals surface area contributed by atoms with Crippen molar-refractivity contribution in [3.05, 3.63) is 0 Å². The Kier molecular flexibility index (Phi) is 3.22. The first kappa shape index (κ1) is 10.4. The molecule has 0 bridgehead atoms. The van der Waals surface area contributed by atoms with Gasteiger partial charge in [0.1, 0.15) is 0 Å². The van der Waals surface area contributed by atoms with Crippen molar-refractivity contribution >= 4 is 5.91 Å². The fourth-order valence-corrected chi connectivity index (χ4v) is 2.03. The maximum Gasteiger partial charge on any atom is 0.315 e. The van der Waals surface area contributed by atoms with Gasteiger partial charge in [0.25, 0.3) is 5.91 Å². The molecule has 1 aliphatic rings. The van der Waals surface area contributed by atoms with Gasteiger partial charge in [-0.2, -0.15) is 8.78 Å². The van der Waals surface area contributed by atoms with Crippen LogP contribution in [0.25, 0.3) is 0 Å². The van der Waals surface area contributed by atoms with Crippen molar-refractivity contribution in [2.75, 3.05) is 6.54 Å². The minimum absolute atomic E-state index is 0.0153.